The number of rotatable bonds is 4. The Kier molecular flexibility index (Phi) is 4.31. The summed E-state index contributed by atoms with van der Waals surface area (Å²) in [5, 5.41) is 2.91. The van der Waals surface area contributed by atoms with Crippen molar-refractivity contribution in [2.45, 2.75) is 20.0 Å². The minimum absolute atomic E-state index is 0.0573. The molecule has 0 unspecified atom stereocenters. The summed E-state index contributed by atoms with van der Waals surface area (Å²) in [7, 11) is 0. The number of carbonyl (C=O) groups is 1. The smallest absolute Gasteiger partial charge is 0.251 e. The number of aryl methyl sites for hydroxylation is 1. The number of benzene rings is 2. The first kappa shape index (κ1) is 13.3. The van der Waals surface area contributed by atoms with Crippen LogP contribution in [-0.2, 0) is 13.1 Å². The van der Waals surface area contributed by atoms with Crippen LogP contribution < -0.4 is 11.1 Å². The molecule has 3 N–H and O–H groups in total. The van der Waals surface area contributed by atoms with Crippen molar-refractivity contribution in [3.63, 3.8) is 0 Å². The second-order valence-electron chi connectivity index (χ2n) is 4.57. The Labute approximate surface area is 113 Å². The van der Waals surface area contributed by atoms with Crippen molar-refractivity contribution in [2.24, 2.45) is 5.73 Å². The number of hydrogen-bond acceptors (Lipinski definition) is 2. The second kappa shape index (κ2) is 6.16. The number of amides is 1. The van der Waals surface area contributed by atoms with E-state index in [1.54, 1.807) is 0 Å². The molecule has 0 atom stereocenters. The quantitative estimate of drug-likeness (QED) is 0.880. The summed E-state index contributed by atoms with van der Waals surface area (Å²) < 4.78 is 0. The van der Waals surface area contributed by atoms with Crippen LogP contribution in [0.3, 0.4) is 0 Å². The van der Waals surface area contributed by atoms with Crippen molar-refractivity contribution in [1.82, 2.24) is 5.32 Å². The number of hydrogen-bond donors (Lipinski definition) is 2. The minimum atomic E-state index is -0.0573. The second-order valence-corrected chi connectivity index (χ2v) is 4.57. The fraction of sp³-hybridized carbons (Fsp3) is 0.188. The van der Waals surface area contributed by atoms with Gasteiger partial charge >= 0.3 is 0 Å². The van der Waals surface area contributed by atoms with Crippen molar-refractivity contribution in [3.05, 3.63) is 70.8 Å². The van der Waals surface area contributed by atoms with Gasteiger partial charge in [-0.2, -0.15) is 0 Å². The fourth-order valence-electron chi connectivity index (χ4n) is 1.86. The molecule has 0 saturated carbocycles. The molecule has 0 saturated heterocycles. The fourth-order valence-corrected chi connectivity index (χ4v) is 1.86. The predicted molar refractivity (Wildman–Crippen MR) is 76.7 cm³/mol. The molecule has 0 bridgehead atoms. The van der Waals surface area contributed by atoms with Crippen LogP contribution in [0.4, 0.5) is 0 Å². The zero-order valence-corrected chi connectivity index (χ0v) is 11.0. The largest absolute Gasteiger partial charge is 0.348 e. The first-order valence-electron chi connectivity index (χ1n) is 6.32. The summed E-state index contributed by atoms with van der Waals surface area (Å²) in [5.41, 5.74) is 9.55. The van der Waals surface area contributed by atoms with Gasteiger partial charge in [0.2, 0.25) is 0 Å². The highest BCUT2D eigenvalue weighted by atomic mass is 16.1. The third-order valence-corrected chi connectivity index (χ3v) is 2.99. The Hall–Kier alpha value is -2.13. The van der Waals surface area contributed by atoms with Crippen LogP contribution in [0.15, 0.2) is 48.5 Å². The maximum absolute atomic E-state index is 11.9. The molecule has 3 nitrogen and oxygen atoms in total. The highest BCUT2D eigenvalue weighted by Crippen LogP contribution is 2.06. The van der Waals surface area contributed by atoms with E-state index in [9.17, 15) is 4.79 Å². The molecule has 0 radical (unpaired) electrons. The summed E-state index contributed by atoms with van der Waals surface area (Å²) in [5.74, 6) is -0.0573. The molecule has 2 rings (SSSR count). The molecule has 1 amide bonds. The lowest BCUT2D eigenvalue weighted by Crippen LogP contribution is -2.22. The first-order chi connectivity index (χ1) is 9.19. The van der Waals surface area contributed by atoms with E-state index < -0.39 is 0 Å². The summed E-state index contributed by atoms with van der Waals surface area (Å²) >= 11 is 0. The standard InChI is InChI=1S/C16H18N2O/c1-12-5-7-15(8-6-12)16(19)18-11-14-4-2-3-13(9-14)10-17/h2-9H,10-11,17H2,1H3,(H,18,19). The van der Waals surface area contributed by atoms with Crippen LogP contribution in [0.2, 0.25) is 0 Å². The Bertz CT molecular complexity index is 561. The maximum atomic E-state index is 11.9. The molecular weight excluding hydrogens is 236 g/mol. The van der Waals surface area contributed by atoms with E-state index in [0.717, 1.165) is 16.7 Å². The van der Waals surface area contributed by atoms with E-state index in [1.165, 1.54) is 0 Å². The lowest BCUT2D eigenvalue weighted by Gasteiger charge is -2.07. The van der Waals surface area contributed by atoms with Crippen molar-refractivity contribution in [3.8, 4) is 0 Å². The molecule has 0 aliphatic rings. The van der Waals surface area contributed by atoms with Gasteiger partial charge in [0, 0.05) is 18.7 Å². The van der Waals surface area contributed by atoms with Crippen LogP contribution in [0.5, 0.6) is 0 Å². The molecule has 2 aromatic rings. The third kappa shape index (κ3) is 3.66. The van der Waals surface area contributed by atoms with Gasteiger partial charge in [0.05, 0.1) is 0 Å². The van der Waals surface area contributed by atoms with Crippen LogP contribution in [0.25, 0.3) is 0 Å². The molecule has 0 spiro atoms. The first-order valence-corrected chi connectivity index (χ1v) is 6.32. The summed E-state index contributed by atoms with van der Waals surface area (Å²) in [6, 6.07) is 15.5. The number of nitrogens with two attached hydrogens (primary N) is 1. The molecule has 3 heteroatoms. The van der Waals surface area contributed by atoms with Gasteiger partial charge < -0.3 is 11.1 Å². The summed E-state index contributed by atoms with van der Waals surface area (Å²) in [6.45, 7) is 3.03. The van der Waals surface area contributed by atoms with Gasteiger partial charge in [-0.3, -0.25) is 4.79 Å². The Balaban J connectivity index is 1.98. The Morgan fingerprint density at radius 1 is 1.11 bits per heavy atom. The lowest BCUT2D eigenvalue weighted by atomic mass is 10.1. The molecule has 0 fully saturated rings. The van der Waals surface area contributed by atoms with Gasteiger partial charge in [0.1, 0.15) is 0 Å². The van der Waals surface area contributed by atoms with E-state index >= 15 is 0 Å². The average Bonchev–Trinajstić information content (AvgIpc) is 2.46. The number of carbonyl (C=O) groups excluding carboxylic acids is 1. The topological polar surface area (TPSA) is 55.1 Å². The van der Waals surface area contributed by atoms with Gasteiger partial charge in [0.15, 0.2) is 0 Å². The van der Waals surface area contributed by atoms with Gasteiger partial charge in [-0.15, -0.1) is 0 Å². The SMILES string of the molecule is Cc1ccc(C(=O)NCc2cccc(CN)c2)cc1. The molecule has 0 aliphatic carbocycles. The van der Waals surface area contributed by atoms with Gasteiger partial charge in [-0.1, -0.05) is 42.0 Å². The van der Waals surface area contributed by atoms with Gasteiger partial charge in [-0.05, 0) is 30.2 Å². The highest BCUT2D eigenvalue weighted by molar-refractivity contribution is 5.94. The molecular formula is C16H18N2O. The molecule has 0 aliphatic heterocycles. The van der Waals surface area contributed by atoms with Gasteiger partial charge in [-0.25, -0.2) is 0 Å². The van der Waals surface area contributed by atoms with E-state index in [-0.39, 0.29) is 5.91 Å². The van der Waals surface area contributed by atoms with E-state index in [1.807, 2.05) is 55.5 Å². The monoisotopic (exact) mass is 254 g/mol. The van der Waals surface area contributed by atoms with Crippen molar-refractivity contribution in [1.29, 1.82) is 0 Å². The van der Waals surface area contributed by atoms with E-state index in [4.69, 9.17) is 5.73 Å². The minimum Gasteiger partial charge on any atom is -0.348 e. The number of nitrogens with one attached hydrogen (secondary N) is 1. The van der Waals surface area contributed by atoms with Crippen molar-refractivity contribution >= 4 is 5.91 Å². The van der Waals surface area contributed by atoms with Crippen LogP contribution in [0.1, 0.15) is 27.0 Å². The van der Waals surface area contributed by atoms with Crippen LogP contribution in [-0.4, -0.2) is 5.91 Å². The van der Waals surface area contributed by atoms with Crippen LogP contribution in [0, 0.1) is 6.92 Å². The zero-order chi connectivity index (χ0) is 13.7. The maximum Gasteiger partial charge on any atom is 0.251 e. The molecule has 98 valence electrons. The third-order valence-electron chi connectivity index (χ3n) is 2.99. The van der Waals surface area contributed by atoms with Crippen LogP contribution >= 0.6 is 0 Å². The molecule has 2 aromatic carbocycles. The van der Waals surface area contributed by atoms with Crippen molar-refractivity contribution < 1.29 is 4.79 Å². The normalized spacial score (nSPS) is 10.2. The summed E-state index contributed by atoms with van der Waals surface area (Å²) in [4.78, 5) is 11.9. The zero-order valence-electron chi connectivity index (χ0n) is 11.0. The predicted octanol–water partition coefficient (Wildman–Crippen LogP) is 2.38. The Morgan fingerprint density at radius 3 is 2.47 bits per heavy atom. The van der Waals surface area contributed by atoms with E-state index in [2.05, 4.69) is 5.32 Å². The van der Waals surface area contributed by atoms with Crippen molar-refractivity contribution in [2.75, 3.05) is 0 Å². The molecule has 19 heavy (non-hydrogen) atoms. The molecule has 0 heterocycles. The van der Waals surface area contributed by atoms with E-state index in [0.29, 0.717) is 18.7 Å². The Morgan fingerprint density at radius 2 is 1.79 bits per heavy atom. The summed E-state index contributed by atoms with van der Waals surface area (Å²) in [6.07, 6.45) is 0. The lowest BCUT2D eigenvalue weighted by molar-refractivity contribution is 0.0951. The van der Waals surface area contributed by atoms with Gasteiger partial charge in [0.25, 0.3) is 5.91 Å². The average molecular weight is 254 g/mol. The molecule has 0 aromatic heterocycles. The highest BCUT2D eigenvalue weighted by Gasteiger charge is 2.04.